The lowest BCUT2D eigenvalue weighted by molar-refractivity contribution is -0.139. The van der Waals surface area contributed by atoms with Crippen LogP contribution in [0.4, 0.5) is 4.79 Å². The van der Waals surface area contributed by atoms with Gasteiger partial charge >= 0.3 is 19.2 Å². The van der Waals surface area contributed by atoms with E-state index in [0.29, 0.717) is 11.0 Å². The summed E-state index contributed by atoms with van der Waals surface area (Å²) in [5.74, 6) is -1.17. The second-order valence-electron chi connectivity index (χ2n) is 7.44. The molecule has 0 saturated carbocycles. The quantitative estimate of drug-likeness (QED) is 0.561. The highest BCUT2D eigenvalue weighted by atomic mass is 16.6. The van der Waals surface area contributed by atoms with Crippen molar-refractivity contribution in [1.29, 1.82) is 0 Å². The number of hydrogen-bond acceptors (Lipinski definition) is 5. The summed E-state index contributed by atoms with van der Waals surface area (Å²) in [4.78, 5) is 23.5. The van der Waals surface area contributed by atoms with Crippen LogP contribution in [0.5, 0.6) is 0 Å². The van der Waals surface area contributed by atoms with Crippen LogP contribution in [0, 0.1) is 0 Å². The normalized spacial score (nSPS) is 12.2. The van der Waals surface area contributed by atoms with E-state index in [1.807, 2.05) is 12.1 Å². The Morgan fingerprint density at radius 2 is 1.68 bits per heavy atom. The van der Waals surface area contributed by atoms with Crippen molar-refractivity contribution >= 4 is 24.6 Å². The molecule has 4 N–H and O–H groups in total. The summed E-state index contributed by atoms with van der Waals surface area (Å²) in [6.45, 7) is 5.09. The van der Waals surface area contributed by atoms with Gasteiger partial charge in [-0.3, -0.25) is 0 Å². The molecule has 0 aromatic heterocycles. The minimum atomic E-state index is -1.57. The molecule has 148 valence electrons. The molecule has 7 nitrogen and oxygen atoms in total. The van der Waals surface area contributed by atoms with Gasteiger partial charge in [0, 0.05) is 6.42 Å². The Morgan fingerprint density at radius 3 is 2.25 bits per heavy atom. The Labute approximate surface area is 164 Å². The number of nitrogens with one attached hydrogen (secondary N) is 1. The van der Waals surface area contributed by atoms with E-state index in [4.69, 9.17) is 4.74 Å². The van der Waals surface area contributed by atoms with Crippen molar-refractivity contribution in [3.05, 3.63) is 54.1 Å². The van der Waals surface area contributed by atoms with Crippen LogP contribution in [0.15, 0.2) is 48.5 Å². The summed E-state index contributed by atoms with van der Waals surface area (Å²) >= 11 is 0. The molecule has 28 heavy (non-hydrogen) atoms. The molecular formula is C20H24BNO6. The van der Waals surface area contributed by atoms with Gasteiger partial charge in [-0.05, 0) is 42.9 Å². The summed E-state index contributed by atoms with van der Waals surface area (Å²) in [5, 5.41) is 30.5. The lowest BCUT2D eigenvalue weighted by Gasteiger charge is -2.22. The predicted molar refractivity (Wildman–Crippen MR) is 106 cm³/mol. The first-order chi connectivity index (χ1) is 13.0. The van der Waals surface area contributed by atoms with Gasteiger partial charge in [0.1, 0.15) is 11.6 Å². The molecule has 0 aliphatic carbocycles. The number of hydrogen-bond donors (Lipinski definition) is 4. The zero-order valence-electron chi connectivity index (χ0n) is 16.0. The highest BCUT2D eigenvalue weighted by Gasteiger charge is 2.24. The summed E-state index contributed by atoms with van der Waals surface area (Å²) in [5.41, 5.74) is 1.89. The third-order valence-electron chi connectivity index (χ3n) is 3.87. The first-order valence-electron chi connectivity index (χ1n) is 8.83. The fraction of sp³-hybridized carbons (Fsp3) is 0.300. The number of carboxylic acid groups (broad SMARTS) is 1. The third kappa shape index (κ3) is 6.40. The van der Waals surface area contributed by atoms with Crippen LogP contribution in [-0.2, 0) is 16.0 Å². The van der Waals surface area contributed by atoms with Gasteiger partial charge in [0.2, 0.25) is 0 Å². The number of ether oxygens (including phenoxy) is 1. The van der Waals surface area contributed by atoms with Gasteiger partial charge in [-0.2, -0.15) is 0 Å². The van der Waals surface area contributed by atoms with Gasteiger partial charge in [-0.1, -0.05) is 48.5 Å². The van der Waals surface area contributed by atoms with Gasteiger partial charge in [0.05, 0.1) is 0 Å². The van der Waals surface area contributed by atoms with Crippen LogP contribution in [0.2, 0.25) is 0 Å². The third-order valence-corrected chi connectivity index (χ3v) is 3.87. The summed E-state index contributed by atoms with van der Waals surface area (Å²) < 4.78 is 5.12. The Hall–Kier alpha value is -2.84. The maximum absolute atomic E-state index is 11.9. The van der Waals surface area contributed by atoms with E-state index in [9.17, 15) is 24.7 Å². The number of alkyl carbamates (subject to hydrolysis) is 1. The smallest absolute Gasteiger partial charge is 0.480 e. The van der Waals surface area contributed by atoms with Gasteiger partial charge in [0.15, 0.2) is 0 Å². The molecular weight excluding hydrogens is 361 g/mol. The molecule has 0 fully saturated rings. The van der Waals surface area contributed by atoms with Crippen molar-refractivity contribution in [1.82, 2.24) is 5.32 Å². The highest BCUT2D eigenvalue weighted by molar-refractivity contribution is 6.58. The standard InChI is InChI=1S/C20H24BNO6/c1-20(2,3)28-19(25)22-17(18(23)24)11-13-6-4-7-14(10-13)15-8-5-9-16(12-15)21(26)27/h4-10,12,17,26-27H,11H2,1-3H3,(H,22,25)(H,23,24)/t17-/m0/s1. The van der Waals surface area contributed by atoms with Crippen molar-refractivity contribution in [3.8, 4) is 11.1 Å². The second kappa shape index (κ2) is 8.90. The van der Waals surface area contributed by atoms with Crippen molar-refractivity contribution in [2.75, 3.05) is 0 Å². The molecule has 0 heterocycles. The number of carbonyl (C=O) groups excluding carboxylic acids is 1. The maximum Gasteiger partial charge on any atom is 0.488 e. The maximum atomic E-state index is 11.9. The Bertz CT molecular complexity index is 847. The average molecular weight is 385 g/mol. The predicted octanol–water partition coefficient (Wildman–Crippen LogP) is 1.55. The molecule has 2 aromatic rings. The first-order valence-corrected chi connectivity index (χ1v) is 8.83. The van der Waals surface area contributed by atoms with Crippen molar-refractivity contribution < 1.29 is 29.5 Å². The van der Waals surface area contributed by atoms with Crippen molar-refractivity contribution in [3.63, 3.8) is 0 Å². The summed E-state index contributed by atoms with van der Waals surface area (Å²) in [6, 6.07) is 12.8. The largest absolute Gasteiger partial charge is 0.488 e. The molecule has 0 aliphatic rings. The van der Waals surface area contributed by atoms with Gasteiger partial charge < -0.3 is 25.2 Å². The zero-order valence-corrected chi connectivity index (χ0v) is 16.0. The second-order valence-corrected chi connectivity index (χ2v) is 7.44. The molecule has 0 saturated heterocycles. The molecule has 1 atom stereocenters. The topological polar surface area (TPSA) is 116 Å². The van der Waals surface area contributed by atoms with E-state index in [1.54, 1.807) is 57.2 Å². The van der Waals surface area contributed by atoms with Crippen LogP contribution in [-0.4, -0.2) is 46.0 Å². The number of aliphatic carboxylic acids is 1. The van der Waals surface area contributed by atoms with E-state index in [1.165, 1.54) is 0 Å². The monoisotopic (exact) mass is 385 g/mol. The molecule has 0 radical (unpaired) electrons. The Morgan fingerprint density at radius 1 is 1.07 bits per heavy atom. The van der Waals surface area contributed by atoms with Crippen LogP contribution in [0.25, 0.3) is 11.1 Å². The number of carboxylic acids is 1. The van der Waals surface area contributed by atoms with Crippen LogP contribution >= 0.6 is 0 Å². The first kappa shape index (κ1) is 21.5. The molecule has 0 bridgehead atoms. The van der Waals surface area contributed by atoms with Crippen molar-refractivity contribution in [2.45, 2.75) is 38.8 Å². The molecule has 8 heteroatoms. The number of benzene rings is 2. The lowest BCUT2D eigenvalue weighted by atomic mass is 9.79. The fourth-order valence-corrected chi connectivity index (χ4v) is 2.64. The number of amides is 1. The van der Waals surface area contributed by atoms with E-state index in [-0.39, 0.29) is 6.42 Å². The molecule has 2 rings (SSSR count). The molecule has 0 aliphatic heterocycles. The average Bonchev–Trinajstić information content (AvgIpc) is 2.60. The van der Waals surface area contributed by atoms with Gasteiger partial charge in [-0.15, -0.1) is 0 Å². The fourth-order valence-electron chi connectivity index (χ4n) is 2.64. The minimum absolute atomic E-state index is 0.0741. The lowest BCUT2D eigenvalue weighted by Crippen LogP contribution is -2.44. The minimum Gasteiger partial charge on any atom is -0.480 e. The molecule has 1 amide bonds. The van der Waals surface area contributed by atoms with Crippen LogP contribution in [0.1, 0.15) is 26.3 Å². The Kier molecular flexibility index (Phi) is 6.82. The zero-order chi connectivity index (χ0) is 20.9. The SMILES string of the molecule is CC(C)(C)OC(=O)N[C@@H](Cc1cccc(-c2cccc(B(O)O)c2)c1)C(=O)O. The Balaban J connectivity index is 2.19. The van der Waals surface area contributed by atoms with E-state index in [0.717, 1.165) is 11.1 Å². The van der Waals surface area contributed by atoms with Crippen molar-refractivity contribution in [2.24, 2.45) is 0 Å². The molecule has 2 aromatic carbocycles. The van der Waals surface area contributed by atoms with Crippen LogP contribution < -0.4 is 10.8 Å². The van der Waals surface area contributed by atoms with Gasteiger partial charge in [0.25, 0.3) is 0 Å². The molecule has 0 unspecified atom stereocenters. The molecule has 0 spiro atoms. The van der Waals surface area contributed by atoms with E-state index in [2.05, 4.69) is 5.32 Å². The number of carbonyl (C=O) groups is 2. The van der Waals surface area contributed by atoms with E-state index >= 15 is 0 Å². The van der Waals surface area contributed by atoms with E-state index < -0.39 is 30.8 Å². The highest BCUT2D eigenvalue weighted by Crippen LogP contribution is 2.20. The summed E-state index contributed by atoms with van der Waals surface area (Å²) in [6.07, 6.45) is -0.717. The number of rotatable bonds is 6. The van der Waals surface area contributed by atoms with Gasteiger partial charge in [-0.25, -0.2) is 9.59 Å². The van der Waals surface area contributed by atoms with Crippen LogP contribution in [0.3, 0.4) is 0 Å². The summed E-state index contributed by atoms with van der Waals surface area (Å²) in [7, 11) is -1.57.